The lowest BCUT2D eigenvalue weighted by Crippen LogP contribution is -2.44. The number of rotatable bonds is 5. The molecule has 26 heavy (non-hydrogen) atoms. The van der Waals surface area contributed by atoms with Crippen LogP contribution in [0.25, 0.3) is 0 Å². The minimum Gasteiger partial charge on any atom is -0.388 e. The van der Waals surface area contributed by atoms with Gasteiger partial charge in [0.2, 0.25) is 5.91 Å². The molecule has 3 rings (SSSR count). The summed E-state index contributed by atoms with van der Waals surface area (Å²) in [7, 11) is 1.77. The van der Waals surface area contributed by atoms with E-state index in [2.05, 4.69) is 10.4 Å². The molecule has 2 amide bonds. The number of aryl methyl sites for hydroxylation is 1. The Balaban J connectivity index is 1.51. The molecule has 0 aliphatic carbocycles. The van der Waals surface area contributed by atoms with Crippen molar-refractivity contribution >= 4 is 23.2 Å². The zero-order valence-corrected chi connectivity index (χ0v) is 15.7. The average Bonchev–Trinajstić information content (AvgIpc) is 3.23. The molecule has 3 heterocycles. The highest BCUT2D eigenvalue weighted by molar-refractivity contribution is 7.10. The van der Waals surface area contributed by atoms with Gasteiger partial charge in [0.05, 0.1) is 23.8 Å². The molecule has 0 radical (unpaired) electrons. The number of carbonyl (C=O) groups is 2. The first kappa shape index (κ1) is 18.6. The van der Waals surface area contributed by atoms with Crippen LogP contribution in [0.3, 0.4) is 0 Å². The Morgan fingerprint density at radius 1 is 1.38 bits per heavy atom. The molecule has 1 aliphatic rings. The van der Waals surface area contributed by atoms with Gasteiger partial charge in [0.15, 0.2) is 0 Å². The number of aromatic nitrogens is 2. The zero-order chi connectivity index (χ0) is 18.6. The Morgan fingerprint density at radius 3 is 2.92 bits per heavy atom. The summed E-state index contributed by atoms with van der Waals surface area (Å²) in [6.07, 6.45) is 5.29. The van der Waals surface area contributed by atoms with Crippen molar-refractivity contribution in [3.05, 3.63) is 40.3 Å². The number of hydrogen-bond acceptors (Lipinski definition) is 5. The molecule has 1 atom stereocenters. The highest BCUT2D eigenvalue weighted by atomic mass is 32.1. The van der Waals surface area contributed by atoms with Gasteiger partial charge in [-0.2, -0.15) is 5.10 Å². The maximum atomic E-state index is 12.5. The Bertz CT molecular complexity index is 758. The van der Waals surface area contributed by atoms with Crippen molar-refractivity contribution in [2.24, 2.45) is 7.05 Å². The lowest BCUT2D eigenvalue weighted by Gasteiger charge is -2.27. The number of thiophene rings is 1. The molecule has 1 fully saturated rings. The molecule has 8 heteroatoms. The van der Waals surface area contributed by atoms with Gasteiger partial charge in [0, 0.05) is 37.8 Å². The molecular weight excluding hydrogens is 352 g/mol. The van der Waals surface area contributed by atoms with Crippen molar-refractivity contribution in [2.45, 2.75) is 31.3 Å². The van der Waals surface area contributed by atoms with Crippen LogP contribution in [0.1, 0.15) is 34.5 Å². The van der Waals surface area contributed by atoms with Crippen LogP contribution in [0.15, 0.2) is 29.9 Å². The van der Waals surface area contributed by atoms with Gasteiger partial charge in [-0.05, 0) is 30.7 Å². The van der Waals surface area contributed by atoms with Gasteiger partial charge in [-0.15, -0.1) is 11.3 Å². The molecule has 1 saturated heterocycles. The average molecular weight is 376 g/mol. The second-order valence-corrected chi connectivity index (χ2v) is 7.84. The van der Waals surface area contributed by atoms with Gasteiger partial charge in [0.1, 0.15) is 0 Å². The standard InChI is InChI=1S/C18H24N4O3S/c1-21-12-14(11-20-21)17(24)22-7-3-5-18(25,6-8-22)13-19-16(23)10-15-4-2-9-26-15/h2,4,9,11-12,25H,3,5-8,10,13H2,1H3,(H,19,23). The summed E-state index contributed by atoms with van der Waals surface area (Å²) in [6.45, 7) is 1.27. The minimum atomic E-state index is -0.977. The van der Waals surface area contributed by atoms with Crippen LogP contribution in [0, 0.1) is 0 Å². The molecule has 1 aliphatic heterocycles. The molecule has 140 valence electrons. The third kappa shape index (κ3) is 4.70. The topological polar surface area (TPSA) is 87.5 Å². The molecule has 0 aromatic carbocycles. The fourth-order valence-corrected chi connectivity index (χ4v) is 3.87. The summed E-state index contributed by atoms with van der Waals surface area (Å²) < 4.78 is 1.60. The third-order valence-electron chi connectivity index (χ3n) is 4.69. The smallest absolute Gasteiger partial charge is 0.257 e. The Hall–Kier alpha value is -2.19. The predicted octanol–water partition coefficient (Wildman–Crippen LogP) is 1.20. The Morgan fingerprint density at radius 2 is 2.23 bits per heavy atom. The SMILES string of the molecule is Cn1cc(C(=O)N2CCCC(O)(CNC(=O)Cc3cccs3)CC2)cn1. The summed E-state index contributed by atoms with van der Waals surface area (Å²) in [5, 5.41) is 19.6. The molecule has 1 unspecified atom stereocenters. The summed E-state index contributed by atoms with van der Waals surface area (Å²) in [4.78, 5) is 27.4. The summed E-state index contributed by atoms with van der Waals surface area (Å²) in [6, 6.07) is 3.84. The lowest BCUT2D eigenvalue weighted by atomic mass is 9.95. The van der Waals surface area contributed by atoms with E-state index in [-0.39, 0.29) is 18.4 Å². The minimum absolute atomic E-state index is 0.0657. The number of nitrogens with zero attached hydrogens (tertiary/aromatic N) is 3. The van der Waals surface area contributed by atoms with Gasteiger partial charge >= 0.3 is 0 Å². The maximum absolute atomic E-state index is 12.5. The zero-order valence-electron chi connectivity index (χ0n) is 14.9. The van der Waals surface area contributed by atoms with Crippen molar-refractivity contribution in [3.8, 4) is 0 Å². The van der Waals surface area contributed by atoms with Crippen LogP contribution < -0.4 is 5.32 Å². The lowest BCUT2D eigenvalue weighted by molar-refractivity contribution is -0.121. The maximum Gasteiger partial charge on any atom is 0.257 e. The second-order valence-electron chi connectivity index (χ2n) is 6.81. The molecule has 0 spiro atoms. The van der Waals surface area contributed by atoms with Crippen LogP contribution in [0.5, 0.6) is 0 Å². The largest absolute Gasteiger partial charge is 0.388 e. The second kappa shape index (κ2) is 8.01. The molecule has 7 nitrogen and oxygen atoms in total. The quantitative estimate of drug-likeness (QED) is 0.821. The molecule has 2 aromatic heterocycles. The van der Waals surface area contributed by atoms with E-state index >= 15 is 0 Å². The first-order chi connectivity index (χ1) is 12.5. The molecule has 2 aromatic rings. The van der Waals surface area contributed by atoms with Gasteiger partial charge in [-0.3, -0.25) is 14.3 Å². The fraction of sp³-hybridized carbons (Fsp3) is 0.500. The number of likely N-dealkylation sites (tertiary alicyclic amines) is 1. The van der Waals surface area contributed by atoms with E-state index in [1.165, 1.54) is 0 Å². The number of amides is 2. The van der Waals surface area contributed by atoms with Crippen LogP contribution in [0.4, 0.5) is 0 Å². The van der Waals surface area contributed by atoms with Crippen molar-refractivity contribution < 1.29 is 14.7 Å². The predicted molar refractivity (Wildman–Crippen MR) is 98.9 cm³/mol. The molecular formula is C18H24N4O3S. The van der Waals surface area contributed by atoms with E-state index < -0.39 is 5.60 Å². The summed E-state index contributed by atoms with van der Waals surface area (Å²) in [5.41, 5.74) is -0.420. The molecule has 0 saturated carbocycles. The Labute approximate surface area is 156 Å². The summed E-state index contributed by atoms with van der Waals surface area (Å²) >= 11 is 1.54. The number of aliphatic hydroxyl groups is 1. The van der Waals surface area contributed by atoms with Gasteiger partial charge < -0.3 is 15.3 Å². The first-order valence-corrected chi connectivity index (χ1v) is 9.63. The van der Waals surface area contributed by atoms with Gasteiger partial charge in [-0.25, -0.2) is 0 Å². The van der Waals surface area contributed by atoms with Crippen LogP contribution in [-0.2, 0) is 18.3 Å². The van der Waals surface area contributed by atoms with E-state index in [9.17, 15) is 14.7 Å². The molecule has 0 bridgehead atoms. The molecule has 2 N–H and O–H groups in total. The number of nitrogens with one attached hydrogen (secondary N) is 1. The van der Waals surface area contributed by atoms with E-state index in [0.29, 0.717) is 44.3 Å². The fourth-order valence-electron chi connectivity index (χ4n) is 3.17. The van der Waals surface area contributed by atoms with Crippen molar-refractivity contribution in [1.29, 1.82) is 0 Å². The van der Waals surface area contributed by atoms with Crippen LogP contribution in [0.2, 0.25) is 0 Å². The summed E-state index contributed by atoms with van der Waals surface area (Å²) in [5.74, 6) is -0.155. The van der Waals surface area contributed by atoms with Crippen molar-refractivity contribution in [3.63, 3.8) is 0 Å². The van der Waals surface area contributed by atoms with E-state index in [4.69, 9.17) is 0 Å². The van der Waals surface area contributed by atoms with Crippen LogP contribution >= 0.6 is 11.3 Å². The van der Waals surface area contributed by atoms with Gasteiger partial charge in [-0.1, -0.05) is 6.07 Å². The Kier molecular flexibility index (Phi) is 5.73. The normalized spacial score (nSPS) is 20.6. The highest BCUT2D eigenvalue weighted by Gasteiger charge is 2.32. The van der Waals surface area contributed by atoms with Crippen molar-refractivity contribution in [2.75, 3.05) is 19.6 Å². The monoisotopic (exact) mass is 376 g/mol. The first-order valence-electron chi connectivity index (χ1n) is 8.75. The van der Waals surface area contributed by atoms with Crippen molar-refractivity contribution in [1.82, 2.24) is 20.0 Å². The third-order valence-corrected chi connectivity index (χ3v) is 5.56. The highest BCUT2D eigenvalue weighted by Crippen LogP contribution is 2.23. The van der Waals surface area contributed by atoms with Crippen LogP contribution in [-0.4, -0.2) is 56.8 Å². The van der Waals surface area contributed by atoms with E-state index in [1.54, 1.807) is 40.4 Å². The van der Waals surface area contributed by atoms with E-state index in [1.807, 2.05) is 17.5 Å². The van der Waals surface area contributed by atoms with E-state index in [0.717, 1.165) is 4.88 Å². The van der Waals surface area contributed by atoms with Gasteiger partial charge in [0.25, 0.3) is 5.91 Å². The number of carbonyl (C=O) groups excluding carboxylic acids is 2. The number of hydrogen-bond donors (Lipinski definition) is 2.